The number of benzene rings is 1. The van der Waals surface area contributed by atoms with Gasteiger partial charge < -0.3 is 15.7 Å². The quantitative estimate of drug-likeness (QED) is 0.822. The van der Waals surface area contributed by atoms with E-state index in [0.717, 1.165) is 25.5 Å². The van der Waals surface area contributed by atoms with Gasteiger partial charge in [-0.1, -0.05) is 12.8 Å². The van der Waals surface area contributed by atoms with Gasteiger partial charge >= 0.3 is 5.97 Å². The molecular formula is C14H19FN2O2. The molecule has 19 heavy (non-hydrogen) atoms. The predicted molar refractivity (Wildman–Crippen MR) is 73.0 cm³/mol. The fourth-order valence-corrected chi connectivity index (χ4v) is 2.73. The Morgan fingerprint density at radius 3 is 2.68 bits per heavy atom. The van der Waals surface area contributed by atoms with Crippen LogP contribution in [0.2, 0.25) is 0 Å². The predicted octanol–water partition coefficient (Wildman–Crippen LogP) is 2.73. The van der Waals surface area contributed by atoms with Crippen molar-refractivity contribution in [3.8, 4) is 0 Å². The summed E-state index contributed by atoms with van der Waals surface area (Å²) in [6.45, 7) is 0.750. The summed E-state index contributed by atoms with van der Waals surface area (Å²) in [5.74, 6) is -1.04. The summed E-state index contributed by atoms with van der Waals surface area (Å²) in [5.41, 5.74) is 5.73. The summed E-state index contributed by atoms with van der Waals surface area (Å²) >= 11 is 0. The fraction of sp³-hybridized carbons (Fsp3) is 0.500. The molecule has 104 valence electrons. The Morgan fingerprint density at radius 1 is 1.47 bits per heavy atom. The number of halogens is 1. The van der Waals surface area contributed by atoms with Crippen molar-refractivity contribution in [2.24, 2.45) is 5.92 Å². The van der Waals surface area contributed by atoms with Gasteiger partial charge in [0.05, 0.1) is 11.3 Å². The second kappa shape index (κ2) is 5.47. The van der Waals surface area contributed by atoms with Crippen LogP contribution in [0.25, 0.3) is 0 Å². The van der Waals surface area contributed by atoms with E-state index in [1.807, 2.05) is 0 Å². The van der Waals surface area contributed by atoms with Gasteiger partial charge in [-0.05, 0) is 30.9 Å². The zero-order chi connectivity index (χ0) is 14.0. The lowest BCUT2D eigenvalue weighted by atomic mass is 10.1. The number of carboxylic acids is 1. The first-order chi connectivity index (χ1) is 8.99. The van der Waals surface area contributed by atoms with Crippen LogP contribution in [-0.4, -0.2) is 24.7 Å². The van der Waals surface area contributed by atoms with Crippen LogP contribution in [0.15, 0.2) is 12.1 Å². The van der Waals surface area contributed by atoms with Crippen LogP contribution in [0.3, 0.4) is 0 Å². The third-order valence-electron chi connectivity index (χ3n) is 3.77. The minimum atomic E-state index is -1.13. The Kier molecular flexibility index (Phi) is 3.93. The van der Waals surface area contributed by atoms with Crippen LogP contribution in [0.1, 0.15) is 36.0 Å². The van der Waals surface area contributed by atoms with E-state index in [2.05, 4.69) is 0 Å². The summed E-state index contributed by atoms with van der Waals surface area (Å²) < 4.78 is 13.9. The van der Waals surface area contributed by atoms with Crippen LogP contribution in [-0.2, 0) is 0 Å². The van der Waals surface area contributed by atoms with Crippen LogP contribution in [0.5, 0.6) is 0 Å². The van der Waals surface area contributed by atoms with Gasteiger partial charge in [-0.15, -0.1) is 0 Å². The number of carboxylic acid groups (broad SMARTS) is 1. The second-order valence-electron chi connectivity index (χ2n) is 5.23. The van der Waals surface area contributed by atoms with E-state index in [4.69, 9.17) is 10.8 Å². The number of nitrogen functional groups attached to an aromatic ring is 1. The molecule has 1 fully saturated rings. The number of anilines is 2. The van der Waals surface area contributed by atoms with Crippen LogP contribution < -0.4 is 10.6 Å². The van der Waals surface area contributed by atoms with Gasteiger partial charge in [0.1, 0.15) is 5.82 Å². The Hall–Kier alpha value is -1.78. The van der Waals surface area contributed by atoms with E-state index in [1.165, 1.54) is 18.9 Å². The minimum Gasteiger partial charge on any atom is -0.478 e. The first-order valence-electron chi connectivity index (χ1n) is 6.52. The molecule has 3 N–H and O–H groups in total. The highest BCUT2D eigenvalue weighted by atomic mass is 19.1. The van der Waals surface area contributed by atoms with Gasteiger partial charge in [-0.3, -0.25) is 0 Å². The molecule has 1 aromatic rings. The number of nitrogens with zero attached hydrogens (tertiary/aromatic N) is 1. The molecule has 0 atom stereocenters. The van der Waals surface area contributed by atoms with Crippen LogP contribution in [0, 0.1) is 11.7 Å². The molecule has 1 aliphatic rings. The number of nitrogens with two attached hydrogens (primary N) is 1. The van der Waals surface area contributed by atoms with Gasteiger partial charge in [-0.2, -0.15) is 0 Å². The van der Waals surface area contributed by atoms with E-state index in [1.54, 1.807) is 11.9 Å². The van der Waals surface area contributed by atoms with Crippen molar-refractivity contribution in [3.63, 3.8) is 0 Å². The maximum Gasteiger partial charge on any atom is 0.337 e. The third-order valence-corrected chi connectivity index (χ3v) is 3.77. The molecular weight excluding hydrogens is 247 g/mol. The van der Waals surface area contributed by atoms with Gasteiger partial charge in [-0.25, -0.2) is 9.18 Å². The lowest BCUT2D eigenvalue weighted by Gasteiger charge is -2.24. The highest BCUT2D eigenvalue weighted by molar-refractivity contribution is 5.95. The van der Waals surface area contributed by atoms with Gasteiger partial charge in [0.2, 0.25) is 0 Å². The molecule has 0 bridgehead atoms. The molecule has 0 saturated heterocycles. The lowest BCUT2D eigenvalue weighted by Crippen LogP contribution is -2.25. The Labute approximate surface area is 112 Å². The Balaban J connectivity index is 2.22. The maximum atomic E-state index is 13.9. The highest BCUT2D eigenvalue weighted by Gasteiger charge is 2.20. The molecule has 1 saturated carbocycles. The molecule has 4 nitrogen and oxygen atoms in total. The highest BCUT2D eigenvalue weighted by Crippen LogP contribution is 2.29. The number of hydrogen-bond acceptors (Lipinski definition) is 3. The SMILES string of the molecule is CN(CC1CCCC1)c1cc(C(=O)O)c(N)cc1F. The number of rotatable bonds is 4. The fourth-order valence-electron chi connectivity index (χ4n) is 2.73. The van der Waals surface area contributed by atoms with Crippen LogP contribution in [0.4, 0.5) is 15.8 Å². The average molecular weight is 266 g/mol. The van der Waals surface area contributed by atoms with Gasteiger partial charge in [0.15, 0.2) is 0 Å². The molecule has 0 aromatic heterocycles. The molecule has 1 aromatic carbocycles. The van der Waals surface area contributed by atoms with Crippen molar-refractivity contribution in [1.82, 2.24) is 0 Å². The number of hydrogen-bond donors (Lipinski definition) is 2. The van der Waals surface area contributed by atoms with E-state index >= 15 is 0 Å². The van der Waals surface area contributed by atoms with Crippen molar-refractivity contribution in [2.45, 2.75) is 25.7 Å². The zero-order valence-corrected chi connectivity index (χ0v) is 11.0. The first-order valence-corrected chi connectivity index (χ1v) is 6.52. The summed E-state index contributed by atoms with van der Waals surface area (Å²) in [4.78, 5) is 12.8. The molecule has 0 amide bonds. The number of carbonyl (C=O) groups is 1. The monoisotopic (exact) mass is 266 g/mol. The summed E-state index contributed by atoms with van der Waals surface area (Å²) in [5, 5.41) is 9.03. The molecule has 2 rings (SSSR count). The lowest BCUT2D eigenvalue weighted by molar-refractivity contribution is 0.0698. The first kappa shape index (κ1) is 13.6. The van der Waals surface area contributed by atoms with Crippen molar-refractivity contribution in [3.05, 3.63) is 23.5 Å². The van der Waals surface area contributed by atoms with E-state index in [9.17, 15) is 9.18 Å². The van der Waals surface area contributed by atoms with Crippen molar-refractivity contribution in [2.75, 3.05) is 24.2 Å². The normalized spacial score (nSPS) is 15.7. The molecule has 0 aliphatic heterocycles. The largest absolute Gasteiger partial charge is 0.478 e. The van der Waals surface area contributed by atoms with Crippen molar-refractivity contribution >= 4 is 17.3 Å². The average Bonchev–Trinajstić information content (AvgIpc) is 2.81. The van der Waals surface area contributed by atoms with E-state index < -0.39 is 11.8 Å². The standard InChI is InChI=1S/C14H19FN2O2/c1-17(8-9-4-2-3-5-9)13-6-10(14(18)19)12(16)7-11(13)15/h6-7,9H,2-5,8,16H2,1H3,(H,18,19). The minimum absolute atomic E-state index is 0.0389. The smallest absolute Gasteiger partial charge is 0.337 e. The topological polar surface area (TPSA) is 66.6 Å². The van der Waals surface area contributed by atoms with Gasteiger partial charge in [0, 0.05) is 19.3 Å². The second-order valence-corrected chi connectivity index (χ2v) is 5.23. The molecule has 5 heteroatoms. The maximum absolute atomic E-state index is 13.9. The van der Waals surface area contributed by atoms with Crippen molar-refractivity contribution < 1.29 is 14.3 Å². The zero-order valence-electron chi connectivity index (χ0n) is 11.0. The third kappa shape index (κ3) is 2.97. The molecule has 0 radical (unpaired) electrons. The molecule has 0 unspecified atom stereocenters. The molecule has 0 heterocycles. The molecule has 1 aliphatic carbocycles. The summed E-state index contributed by atoms with van der Waals surface area (Å²) in [6, 6.07) is 2.41. The number of aromatic carboxylic acids is 1. The Morgan fingerprint density at radius 2 is 2.11 bits per heavy atom. The summed E-state index contributed by atoms with van der Waals surface area (Å²) in [6.07, 6.45) is 4.77. The Bertz CT molecular complexity index is 485. The van der Waals surface area contributed by atoms with E-state index in [-0.39, 0.29) is 11.3 Å². The van der Waals surface area contributed by atoms with E-state index in [0.29, 0.717) is 11.6 Å². The summed E-state index contributed by atoms with van der Waals surface area (Å²) in [7, 11) is 1.79. The van der Waals surface area contributed by atoms with Crippen LogP contribution >= 0.6 is 0 Å². The molecule has 0 spiro atoms. The van der Waals surface area contributed by atoms with Crippen molar-refractivity contribution in [1.29, 1.82) is 0 Å². The van der Waals surface area contributed by atoms with Gasteiger partial charge in [0.25, 0.3) is 0 Å².